The van der Waals surface area contributed by atoms with Gasteiger partial charge in [0.2, 0.25) is 0 Å². The molecule has 1 fully saturated rings. The first kappa shape index (κ1) is 14.5. The molecule has 4 nitrogen and oxygen atoms in total. The van der Waals surface area contributed by atoms with Crippen molar-refractivity contribution < 1.29 is 9.90 Å². The highest BCUT2D eigenvalue weighted by molar-refractivity contribution is 5.78. The van der Waals surface area contributed by atoms with Crippen molar-refractivity contribution >= 4 is 5.97 Å². The van der Waals surface area contributed by atoms with Crippen molar-refractivity contribution in [3.05, 3.63) is 0 Å². The Kier molecular flexibility index (Phi) is 6.52. The Morgan fingerprint density at radius 3 is 2.24 bits per heavy atom. The molecule has 0 heterocycles. The van der Waals surface area contributed by atoms with Gasteiger partial charge >= 0.3 is 5.97 Å². The van der Waals surface area contributed by atoms with Crippen molar-refractivity contribution in [1.29, 1.82) is 0 Å². The highest BCUT2D eigenvalue weighted by Gasteiger charge is 2.37. The van der Waals surface area contributed by atoms with Crippen molar-refractivity contribution in [3.8, 4) is 0 Å². The lowest BCUT2D eigenvalue weighted by molar-refractivity contribution is -0.146. The van der Waals surface area contributed by atoms with Crippen LogP contribution < -0.4 is 10.6 Å². The Morgan fingerprint density at radius 1 is 1.12 bits per heavy atom. The summed E-state index contributed by atoms with van der Waals surface area (Å²) in [5, 5.41) is 15.9. The molecule has 0 atom stereocenters. The van der Waals surface area contributed by atoms with Gasteiger partial charge in [-0.05, 0) is 39.4 Å². The predicted molar refractivity (Wildman–Crippen MR) is 69.2 cm³/mol. The topological polar surface area (TPSA) is 61.4 Å². The zero-order chi connectivity index (χ0) is 12.6. The zero-order valence-corrected chi connectivity index (χ0v) is 10.9. The van der Waals surface area contributed by atoms with E-state index in [2.05, 4.69) is 10.6 Å². The van der Waals surface area contributed by atoms with Gasteiger partial charge in [-0.1, -0.05) is 32.1 Å². The number of carbonyl (C=O) groups is 1. The normalized spacial score (nSPS) is 20.5. The average Bonchev–Trinajstić information content (AvgIpc) is 2.26. The molecule has 0 unspecified atom stereocenters. The third kappa shape index (κ3) is 4.64. The molecule has 0 aromatic carbocycles. The van der Waals surface area contributed by atoms with E-state index < -0.39 is 11.5 Å². The highest BCUT2D eigenvalue weighted by Crippen LogP contribution is 2.26. The van der Waals surface area contributed by atoms with Gasteiger partial charge in [0, 0.05) is 0 Å². The summed E-state index contributed by atoms with van der Waals surface area (Å²) in [5.74, 6) is -0.663. The van der Waals surface area contributed by atoms with E-state index in [1.54, 1.807) is 0 Å². The molecule has 1 rings (SSSR count). The van der Waals surface area contributed by atoms with Crippen molar-refractivity contribution in [2.24, 2.45) is 0 Å². The van der Waals surface area contributed by atoms with Crippen LogP contribution in [0, 0.1) is 0 Å². The number of hydrogen-bond donors (Lipinski definition) is 3. The molecule has 0 aromatic heterocycles. The van der Waals surface area contributed by atoms with Gasteiger partial charge < -0.3 is 15.7 Å². The second-order valence-electron chi connectivity index (χ2n) is 5.04. The number of carboxylic acid groups (broad SMARTS) is 1. The first-order valence-electron chi connectivity index (χ1n) is 6.84. The molecule has 1 saturated carbocycles. The van der Waals surface area contributed by atoms with Crippen LogP contribution in [0.15, 0.2) is 0 Å². The first-order valence-corrected chi connectivity index (χ1v) is 6.84. The van der Waals surface area contributed by atoms with E-state index in [9.17, 15) is 9.90 Å². The van der Waals surface area contributed by atoms with Crippen molar-refractivity contribution in [2.75, 3.05) is 20.1 Å². The summed E-state index contributed by atoms with van der Waals surface area (Å²) >= 11 is 0. The fourth-order valence-corrected chi connectivity index (χ4v) is 2.57. The highest BCUT2D eigenvalue weighted by atomic mass is 16.4. The largest absolute Gasteiger partial charge is 0.480 e. The first-order chi connectivity index (χ1) is 8.21. The van der Waals surface area contributed by atoms with Crippen LogP contribution in [0.25, 0.3) is 0 Å². The van der Waals surface area contributed by atoms with Gasteiger partial charge in [0.05, 0.1) is 0 Å². The quantitative estimate of drug-likeness (QED) is 0.621. The minimum atomic E-state index is -0.663. The lowest BCUT2D eigenvalue weighted by atomic mass is 9.84. The molecule has 0 bridgehead atoms. The molecule has 3 N–H and O–H groups in total. The van der Waals surface area contributed by atoms with Crippen LogP contribution in [0.2, 0.25) is 0 Å². The molecular formula is C13H26N2O2. The molecule has 0 saturated heterocycles. The van der Waals surface area contributed by atoms with Crippen molar-refractivity contribution in [1.82, 2.24) is 10.6 Å². The number of carboxylic acids is 1. The Labute approximate surface area is 104 Å². The van der Waals surface area contributed by atoms with Gasteiger partial charge in [-0.25, -0.2) is 0 Å². The predicted octanol–water partition coefficient (Wildman–Crippen LogP) is 1.75. The maximum absolute atomic E-state index is 11.5. The fourth-order valence-electron chi connectivity index (χ4n) is 2.57. The van der Waals surface area contributed by atoms with Gasteiger partial charge in [-0.2, -0.15) is 0 Å². The SMILES string of the molecule is CNCCCNC1(C(=O)O)CCCCCCC1. The van der Waals surface area contributed by atoms with Crippen LogP contribution in [-0.4, -0.2) is 36.8 Å². The Balaban J connectivity index is 2.49. The lowest BCUT2D eigenvalue weighted by Crippen LogP contribution is -2.53. The van der Waals surface area contributed by atoms with Gasteiger partial charge in [0.25, 0.3) is 0 Å². The number of nitrogens with one attached hydrogen (secondary N) is 2. The lowest BCUT2D eigenvalue weighted by Gasteiger charge is -2.32. The van der Waals surface area contributed by atoms with Crippen LogP contribution >= 0.6 is 0 Å². The van der Waals surface area contributed by atoms with Gasteiger partial charge in [-0.15, -0.1) is 0 Å². The van der Waals surface area contributed by atoms with E-state index in [1.165, 1.54) is 19.3 Å². The minimum absolute atomic E-state index is 0.659. The summed E-state index contributed by atoms with van der Waals surface area (Å²) in [6.07, 6.45) is 8.21. The average molecular weight is 242 g/mol. The summed E-state index contributed by atoms with van der Waals surface area (Å²) in [4.78, 5) is 11.5. The summed E-state index contributed by atoms with van der Waals surface area (Å²) in [5.41, 5.74) is -0.659. The van der Waals surface area contributed by atoms with Crippen molar-refractivity contribution in [2.45, 2.75) is 56.9 Å². The van der Waals surface area contributed by atoms with Crippen LogP contribution in [0.5, 0.6) is 0 Å². The zero-order valence-electron chi connectivity index (χ0n) is 10.9. The Morgan fingerprint density at radius 2 is 1.71 bits per heavy atom. The number of hydrogen-bond acceptors (Lipinski definition) is 3. The fraction of sp³-hybridized carbons (Fsp3) is 0.923. The molecular weight excluding hydrogens is 216 g/mol. The van der Waals surface area contributed by atoms with Gasteiger partial charge in [0.15, 0.2) is 0 Å². The molecule has 0 aliphatic heterocycles. The third-order valence-electron chi connectivity index (χ3n) is 3.68. The van der Waals surface area contributed by atoms with E-state index >= 15 is 0 Å². The second kappa shape index (κ2) is 7.67. The summed E-state index contributed by atoms with van der Waals surface area (Å²) < 4.78 is 0. The molecule has 0 amide bonds. The van der Waals surface area contributed by atoms with E-state index in [4.69, 9.17) is 0 Å². The third-order valence-corrected chi connectivity index (χ3v) is 3.68. The molecule has 0 radical (unpaired) electrons. The molecule has 4 heteroatoms. The number of aliphatic carboxylic acids is 1. The van der Waals surface area contributed by atoms with E-state index in [0.29, 0.717) is 0 Å². The number of rotatable bonds is 6. The van der Waals surface area contributed by atoms with Crippen LogP contribution in [-0.2, 0) is 4.79 Å². The molecule has 1 aliphatic carbocycles. The summed E-state index contributed by atoms with van der Waals surface area (Å²) in [6.45, 7) is 1.72. The van der Waals surface area contributed by atoms with Crippen LogP contribution in [0.1, 0.15) is 51.4 Å². The molecule has 100 valence electrons. The molecule has 17 heavy (non-hydrogen) atoms. The minimum Gasteiger partial charge on any atom is -0.480 e. The van der Waals surface area contributed by atoms with E-state index in [0.717, 1.165) is 45.2 Å². The van der Waals surface area contributed by atoms with E-state index in [-0.39, 0.29) is 0 Å². The summed E-state index contributed by atoms with van der Waals surface area (Å²) in [7, 11) is 1.92. The Bertz CT molecular complexity index is 223. The Hall–Kier alpha value is -0.610. The van der Waals surface area contributed by atoms with Crippen LogP contribution in [0.4, 0.5) is 0 Å². The summed E-state index contributed by atoms with van der Waals surface area (Å²) in [6, 6.07) is 0. The second-order valence-corrected chi connectivity index (χ2v) is 5.04. The van der Waals surface area contributed by atoms with Crippen LogP contribution in [0.3, 0.4) is 0 Å². The maximum atomic E-state index is 11.5. The van der Waals surface area contributed by atoms with Gasteiger partial charge in [-0.3, -0.25) is 4.79 Å². The molecule has 0 spiro atoms. The van der Waals surface area contributed by atoms with Crippen molar-refractivity contribution in [3.63, 3.8) is 0 Å². The van der Waals surface area contributed by atoms with E-state index in [1.807, 2.05) is 7.05 Å². The van der Waals surface area contributed by atoms with Gasteiger partial charge in [0.1, 0.15) is 5.54 Å². The smallest absolute Gasteiger partial charge is 0.323 e. The molecule has 0 aromatic rings. The maximum Gasteiger partial charge on any atom is 0.323 e. The molecule has 1 aliphatic rings. The standard InChI is InChI=1S/C13H26N2O2/c1-14-10-7-11-15-13(12(16)17)8-5-3-2-4-6-9-13/h14-15H,2-11H2,1H3,(H,16,17). The monoisotopic (exact) mass is 242 g/mol.